The second-order valence-electron chi connectivity index (χ2n) is 5.71. The van der Waals surface area contributed by atoms with E-state index in [9.17, 15) is 8.42 Å². The summed E-state index contributed by atoms with van der Waals surface area (Å²) in [6, 6.07) is 3.31. The molecule has 1 aromatic rings. The van der Waals surface area contributed by atoms with Crippen LogP contribution in [0.3, 0.4) is 0 Å². The number of nitrogens with two attached hydrogens (primary N) is 1. The predicted molar refractivity (Wildman–Crippen MR) is 85.9 cm³/mol. The van der Waals surface area contributed by atoms with Crippen molar-refractivity contribution in [3.63, 3.8) is 0 Å². The summed E-state index contributed by atoms with van der Waals surface area (Å²) in [7, 11) is -3.53. The fourth-order valence-corrected chi connectivity index (χ4v) is 5.22. The first kappa shape index (κ1) is 16.7. The third-order valence-corrected chi connectivity index (χ3v) is 6.59. The molecular formula is C15H23ClN2O2S. The van der Waals surface area contributed by atoms with Crippen LogP contribution < -0.4 is 5.73 Å². The van der Waals surface area contributed by atoms with Gasteiger partial charge in [0.05, 0.1) is 4.90 Å². The molecule has 1 saturated heterocycles. The molecule has 1 aliphatic rings. The highest BCUT2D eigenvalue weighted by Crippen LogP contribution is 2.30. The largest absolute Gasteiger partial charge is 0.326 e. The lowest BCUT2D eigenvalue weighted by Crippen LogP contribution is -2.38. The van der Waals surface area contributed by atoms with Gasteiger partial charge in [0.15, 0.2) is 0 Å². The van der Waals surface area contributed by atoms with Gasteiger partial charge in [-0.25, -0.2) is 8.42 Å². The van der Waals surface area contributed by atoms with Gasteiger partial charge in [-0.3, -0.25) is 0 Å². The number of nitrogens with zero attached hydrogens (tertiary/aromatic N) is 1. The fourth-order valence-electron chi connectivity index (χ4n) is 2.92. The zero-order valence-corrected chi connectivity index (χ0v) is 14.2. The Balaban J connectivity index is 2.50. The lowest BCUT2D eigenvalue weighted by molar-refractivity contribution is 0.342. The summed E-state index contributed by atoms with van der Waals surface area (Å²) < 4.78 is 27.7. The number of hydrogen-bond acceptors (Lipinski definition) is 3. The Kier molecular flexibility index (Phi) is 5.30. The summed E-state index contributed by atoms with van der Waals surface area (Å²) in [5.74, 6) is 0. The van der Waals surface area contributed by atoms with Crippen LogP contribution in [0.5, 0.6) is 0 Å². The molecule has 0 aliphatic carbocycles. The Bertz CT molecular complexity index is 616. The first-order chi connectivity index (χ1) is 9.87. The van der Waals surface area contributed by atoms with Crippen molar-refractivity contribution in [3.05, 3.63) is 28.3 Å². The highest BCUT2D eigenvalue weighted by Gasteiger charge is 2.31. The monoisotopic (exact) mass is 330 g/mol. The molecule has 0 radical (unpaired) electrons. The molecule has 0 saturated carbocycles. The minimum Gasteiger partial charge on any atom is -0.326 e. The van der Waals surface area contributed by atoms with E-state index in [0.717, 1.165) is 31.2 Å². The SMILES string of the molecule is Cc1c(CN)cc(Cl)cc1S(=O)(=O)N1CCCCCC1C. The normalized spacial score (nSPS) is 21.2. The highest BCUT2D eigenvalue weighted by atomic mass is 35.5. The van der Waals surface area contributed by atoms with Gasteiger partial charge in [-0.1, -0.05) is 24.4 Å². The zero-order chi connectivity index (χ0) is 15.6. The third-order valence-electron chi connectivity index (χ3n) is 4.23. The maximum absolute atomic E-state index is 13.0. The van der Waals surface area contributed by atoms with Gasteiger partial charge in [0.2, 0.25) is 10.0 Å². The van der Waals surface area contributed by atoms with Crippen molar-refractivity contribution in [2.45, 2.75) is 57.0 Å². The summed E-state index contributed by atoms with van der Waals surface area (Å²) >= 11 is 6.08. The van der Waals surface area contributed by atoms with Gasteiger partial charge in [0.1, 0.15) is 0 Å². The lowest BCUT2D eigenvalue weighted by atomic mass is 10.1. The summed E-state index contributed by atoms with van der Waals surface area (Å²) in [5.41, 5.74) is 7.18. The van der Waals surface area contributed by atoms with E-state index in [4.69, 9.17) is 17.3 Å². The summed E-state index contributed by atoms with van der Waals surface area (Å²) in [4.78, 5) is 0.296. The van der Waals surface area contributed by atoms with E-state index in [-0.39, 0.29) is 12.6 Å². The quantitative estimate of drug-likeness (QED) is 0.926. The molecule has 118 valence electrons. The van der Waals surface area contributed by atoms with Crippen molar-refractivity contribution in [3.8, 4) is 0 Å². The van der Waals surface area contributed by atoms with E-state index < -0.39 is 10.0 Å². The van der Waals surface area contributed by atoms with E-state index in [1.54, 1.807) is 23.4 Å². The van der Waals surface area contributed by atoms with Crippen LogP contribution in [0.25, 0.3) is 0 Å². The number of halogens is 1. The molecule has 21 heavy (non-hydrogen) atoms. The average molecular weight is 331 g/mol. The average Bonchev–Trinajstić information content (AvgIpc) is 2.65. The topological polar surface area (TPSA) is 63.4 Å². The first-order valence-electron chi connectivity index (χ1n) is 7.39. The van der Waals surface area contributed by atoms with E-state index in [1.165, 1.54) is 0 Å². The van der Waals surface area contributed by atoms with Crippen LogP contribution in [0.4, 0.5) is 0 Å². The molecule has 1 fully saturated rings. The molecule has 4 nitrogen and oxygen atoms in total. The maximum Gasteiger partial charge on any atom is 0.243 e. The van der Waals surface area contributed by atoms with Gasteiger partial charge in [0, 0.05) is 24.2 Å². The predicted octanol–water partition coefficient (Wildman–Crippen LogP) is 3.06. The second-order valence-corrected chi connectivity index (χ2v) is 8.00. The van der Waals surface area contributed by atoms with Crippen LogP contribution in [0.2, 0.25) is 5.02 Å². The molecular weight excluding hydrogens is 308 g/mol. The van der Waals surface area contributed by atoms with Gasteiger partial charge >= 0.3 is 0 Å². The lowest BCUT2D eigenvalue weighted by Gasteiger charge is -2.27. The van der Waals surface area contributed by atoms with Gasteiger partial charge in [-0.2, -0.15) is 4.31 Å². The highest BCUT2D eigenvalue weighted by molar-refractivity contribution is 7.89. The third kappa shape index (κ3) is 3.42. The maximum atomic E-state index is 13.0. The van der Waals surface area contributed by atoms with E-state index in [1.807, 2.05) is 6.92 Å². The molecule has 0 aromatic heterocycles. The number of benzene rings is 1. The minimum atomic E-state index is -3.53. The second kappa shape index (κ2) is 6.65. The number of hydrogen-bond donors (Lipinski definition) is 1. The Morgan fingerprint density at radius 2 is 2.05 bits per heavy atom. The molecule has 0 spiro atoms. The minimum absolute atomic E-state index is 0.0252. The molecule has 1 atom stereocenters. The van der Waals surface area contributed by atoms with Gasteiger partial charge in [0.25, 0.3) is 0 Å². The Hall–Kier alpha value is -0.620. The van der Waals surface area contributed by atoms with Gasteiger partial charge in [-0.15, -0.1) is 0 Å². The van der Waals surface area contributed by atoms with Crippen molar-refractivity contribution in [2.75, 3.05) is 6.54 Å². The smallest absolute Gasteiger partial charge is 0.243 e. The van der Waals surface area contributed by atoms with Crippen LogP contribution in [0.1, 0.15) is 43.7 Å². The first-order valence-corrected chi connectivity index (χ1v) is 9.20. The fraction of sp³-hybridized carbons (Fsp3) is 0.600. The Labute approximate surface area is 132 Å². The van der Waals surface area contributed by atoms with Crippen LogP contribution in [-0.4, -0.2) is 25.3 Å². The van der Waals surface area contributed by atoms with E-state index in [2.05, 4.69) is 0 Å². The number of rotatable bonds is 3. The van der Waals surface area contributed by atoms with Crippen LogP contribution >= 0.6 is 11.6 Å². The molecule has 6 heteroatoms. The van der Waals surface area contributed by atoms with Crippen molar-refractivity contribution >= 4 is 21.6 Å². The molecule has 0 bridgehead atoms. The Morgan fingerprint density at radius 1 is 1.33 bits per heavy atom. The van der Waals surface area contributed by atoms with Crippen molar-refractivity contribution in [1.29, 1.82) is 0 Å². The van der Waals surface area contributed by atoms with Crippen molar-refractivity contribution < 1.29 is 8.42 Å². The zero-order valence-electron chi connectivity index (χ0n) is 12.6. The summed E-state index contributed by atoms with van der Waals surface area (Å²) in [6.07, 6.45) is 3.98. The summed E-state index contributed by atoms with van der Waals surface area (Å²) in [5, 5.41) is 0.419. The molecule has 2 N–H and O–H groups in total. The molecule has 1 aliphatic heterocycles. The standard InChI is InChI=1S/C15H23ClN2O2S/c1-11-6-4-3-5-7-18(11)21(19,20)15-9-14(16)8-13(10-17)12(15)2/h8-9,11H,3-7,10,17H2,1-2H3. The molecule has 0 amide bonds. The molecule has 2 rings (SSSR count). The molecule has 1 unspecified atom stereocenters. The molecule has 1 heterocycles. The van der Waals surface area contributed by atoms with Crippen LogP contribution in [0.15, 0.2) is 17.0 Å². The van der Waals surface area contributed by atoms with Crippen LogP contribution in [-0.2, 0) is 16.6 Å². The van der Waals surface area contributed by atoms with Gasteiger partial charge < -0.3 is 5.73 Å². The van der Waals surface area contributed by atoms with E-state index >= 15 is 0 Å². The number of sulfonamides is 1. The van der Waals surface area contributed by atoms with Crippen molar-refractivity contribution in [2.24, 2.45) is 5.73 Å². The van der Waals surface area contributed by atoms with Crippen molar-refractivity contribution in [1.82, 2.24) is 4.31 Å². The summed E-state index contributed by atoms with van der Waals surface area (Å²) in [6.45, 7) is 4.64. The van der Waals surface area contributed by atoms with E-state index in [0.29, 0.717) is 22.0 Å². The van der Waals surface area contributed by atoms with Crippen LogP contribution in [0, 0.1) is 6.92 Å². The molecule has 1 aromatic carbocycles. The Morgan fingerprint density at radius 3 is 2.71 bits per heavy atom. The van der Waals surface area contributed by atoms with Gasteiger partial charge in [-0.05, 0) is 49.9 Å².